The first-order valence-electron chi connectivity index (χ1n) is 8.02. The van der Waals surface area contributed by atoms with E-state index in [1.165, 1.54) is 4.90 Å². The Morgan fingerprint density at radius 3 is 2.65 bits per heavy atom. The zero-order valence-electron chi connectivity index (χ0n) is 13.7. The highest BCUT2D eigenvalue weighted by molar-refractivity contribution is 5.99. The van der Waals surface area contributed by atoms with Crippen molar-refractivity contribution >= 4 is 16.9 Å². The van der Waals surface area contributed by atoms with Gasteiger partial charge in [0.05, 0.1) is 6.61 Å². The van der Waals surface area contributed by atoms with Crippen LogP contribution in [0.1, 0.15) is 42.1 Å². The lowest BCUT2D eigenvalue weighted by atomic mass is 10.0. The molecule has 0 atom stereocenters. The highest BCUT2D eigenvalue weighted by atomic mass is 16.4. The lowest BCUT2D eigenvalue weighted by Crippen LogP contribution is -2.37. The van der Waals surface area contributed by atoms with Gasteiger partial charge in [0.2, 0.25) is 0 Å². The topological polar surface area (TPSA) is 70.8 Å². The average Bonchev–Trinajstić information content (AvgIpc) is 2.54. The van der Waals surface area contributed by atoms with Crippen LogP contribution in [-0.4, -0.2) is 35.6 Å². The maximum atomic E-state index is 12.8. The smallest absolute Gasteiger partial charge is 0.349 e. The van der Waals surface area contributed by atoms with Gasteiger partial charge in [0.15, 0.2) is 0 Å². The van der Waals surface area contributed by atoms with Crippen molar-refractivity contribution in [1.29, 1.82) is 0 Å². The SMILES string of the molecule is CCCCCN(CCO)C(=O)c1c(C)c2ccccc2oc1=O. The Labute approximate surface area is 135 Å². The molecule has 1 aromatic carbocycles. The summed E-state index contributed by atoms with van der Waals surface area (Å²) in [6, 6.07) is 7.17. The maximum absolute atomic E-state index is 12.8. The Hall–Kier alpha value is -2.14. The number of fused-ring (bicyclic) bond motifs is 1. The molecule has 0 saturated carbocycles. The van der Waals surface area contributed by atoms with Crippen molar-refractivity contribution in [1.82, 2.24) is 4.90 Å². The van der Waals surface area contributed by atoms with Gasteiger partial charge in [0, 0.05) is 18.5 Å². The number of aliphatic hydroxyl groups is 1. The molecule has 0 aliphatic heterocycles. The first-order chi connectivity index (χ1) is 11.1. The van der Waals surface area contributed by atoms with Gasteiger partial charge >= 0.3 is 5.63 Å². The third-order valence-electron chi connectivity index (χ3n) is 3.98. The number of unbranched alkanes of at least 4 members (excludes halogenated alkanes) is 2. The van der Waals surface area contributed by atoms with Crippen molar-refractivity contribution in [2.24, 2.45) is 0 Å². The average molecular weight is 317 g/mol. The molecule has 0 saturated heterocycles. The summed E-state index contributed by atoms with van der Waals surface area (Å²) in [5.41, 5.74) is 0.546. The fourth-order valence-corrected chi connectivity index (χ4v) is 2.70. The minimum atomic E-state index is -0.621. The number of aryl methyl sites for hydroxylation is 1. The minimum Gasteiger partial charge on any atom is -0.422 e. The van der Waals surface area contributed by atoms with Crippen LogP contribution in [0.15, 0.2) is 33.5 Å². The molecule has 0 fully saturated rings. The first-order valence-corrected chi connectivity index (χ1v) is 8.02. The van der Waals surface area contributed by atoms with Crippen LogP contribution >= 0.6 is 0 Å². The molecule has 5 nitrogen and oxygen atoms in total. The third kappa shape index (κ3) is 3.79. The number of amides is 1. The molecule has 23 heavy (non-hydrogen) atoms. The molecule has 2 aromatic rings. The van der Waals surface area contributed by atoms with Gasteiger partial charge in [-0.2, -0.15) is 0 Å². The largest absolute Gasteiger partial charge is 0.422 e. The summed E-state index contributed by atoms with van der Waals surface area (Å²) in [7, 11) is 0. The molecule has 1 aromatic heterocycles. The summed E-state index contributed by atoms with van der Waals surface area (Å²) in [5.74, 6) is -0.368. The second kappa shape index (κ2) is 7.92. The molecule has 1 N–H and O–H groups in total. The van der Waals surface area contributed by atoms with Crippen LogP contribution in [0.2, 0.25) is 0 Å². The molecule has 1 amide bonds. The highest BCUT2D eigenvalue weighted by Crippen LogP contribution is 2.20. The number of carbonyl (C=O) groups is 1. The van der Waals surface area contributed by atoms with E-state index in [0.29, 0.717) is 17.7 Å². The summed E-state index contributed by atoms with van der Waals surface area (Å²) in [6.07, 6.45) is 2.89. The molecular weight excluding hydrogens is 294 g/mol. The van der Waals surface area contributed by atoms with Crippen LogP contribution in [0.5, 0.6) is 0 Å². The van der Waals surface area contributed by atoms with Crippen molar-refractivity contribution in [2.75, 3.05) is 19.7 Å². The summed E-state index contributed by atoms with van der Waals surface area (Å²) < 4.78 is 5.28. The van der Waals surface area contributed by atoms with E-state index in [1.54, 1.807) is 19.1 Å². The second-order valence-corrected chi connectivity index (χ2v) is 5.61. The van der Waals surface area contributed by atoms with Gasteiger partial charge in [-0.05, 0) is 25.0 Å². The van der Waals surface area contributed by atoms with E-state index in [9.17, 15) is 14.7 Å². The van der Waals surface area contributed by atoms with Crippen molar-refractivity contribution in [3.63, 3.8) is 0 Å². The van der Waals surface area contributed by atoms with Crippen LogP contribution in [0.25, 0.3) is 11.0 Å². The molecule has 0 spiro atoms. The zero-order chi connectivity index (χ0) is 16.8. The second-order valence-electron chi connectivity index (χ2n) is 5.61. The van der Waals surface area contributed by atoms with E-state index in [2.05, 4.69) is 6.92 Å². The van der Waals surface area contributed by atoms with E-state index in [-0.39, 0.29) is 24.6 Å². The monoisotopic (exact) mass is 317 g/mol. The molecule has 5 heteroatoms. The number of aliphatic hydroxyl groups excluding tert-OH is 1. The van der Waals surface area contributed by atoms with Crippen molar-refractivity contribution in [3.05, 3.63) is 45.8 Å². The zero-order valence-corrected chi connectivity index (χ0v) is 13.7. The Morgan fingerprint density at radius 2 is 1.96 bits per heavy atom. The molecule has 0 radical (unpaired) electrons. The Bertz CT molecular complexity index is 735. The number of nitrogens with zero attached hydrogens (tertiary/aromatic N) is 1. The van der Waals surface area contributed by atoms with Crippen LogP contribution in [0, 0.1) is 6.92 Å². The van der Waals surface area contributed by atoms with Crippen LogP contribution in [0.3, 0.4) is 0 Å². The van der Waals surface area contributed by atoms with Gasteiger partial charge < -0.3 is 14.4 Å². The molecular formula is C18H23NO4. The summed E-state index contributed by atoms with van der Waals surface area (Å²) in [4.78, 5) is 26.6. The number of hydrogen-bond acceptors (Lipinski definition) is 4. The van der Waals surface area contributed by atoms with Crippen molar-refractivity contribution < 1.29 is 14.3 Å². The molecule has 0 unspecified atom stereocenters. The first kappa shape index (κ1) is 17.2. The number of carbonyl (C=O) groups excluding carboxylic acids is 1. The lowest BCUT2D eigenvalue weighted by molar-refractivity contribution is 0.0713. The summed E-state index contributed by atoms with van der Waals surface area (Å²) in [6.45, 7) is 4.46. The highest BCUT2D eigenvalue weighted by Gasteiger charge is 2.23. The van der Waals surface area contributed by atoms with Gasteiger partial charge in [0.25, 0.3) is 5.91 Å². The van der Waals surface area contributed by atoms with E-state index >= 15 is 0 Å². The molecule has 0 aliphatic rings. The van der Waals surface area contributed by atoms with Gasteiger partial charge in [-0.15, -0.1) is 0 Å². The molecule has 1 heterocycles. The van der Waals surface area contributed by atoms with E-state index in [4.69, 9.17) is 4.42 Å². The van der Waals surface area contributed by atoms with Crippen LogP contribution in [-0.2, 0) is 0 Å². The Balaban J connectivity index is 2.40. The van der Waals surface area contributed by atoms with Gasteiger partial charge in [-0.3, -0.25) is 4.79 Å². The number of para-hydroxylation sites is 1. The fraction of sp³-hybridized carbons (Fsp3) is 0.444. The molecule has 124 valence electrons. The van der Waals surface area contributed by atoms with Crippen molar-refractivity contribution in [2.45, 2.75) is 33.1 Å². The quantitative estimate of drug-likeness (QED) is 0.629. The minimum absolute atomic E-state index is 0.0636. The molecule has 0 bridgehead atoms. The Kier molecular flexibility index (Phi) is 5.93. The predicted octanol–water partition coefficient (Wildman–Crippen LogP) is 2.73. The number of rotatable bonds is 7. The van der Waals surface area contributed by atoms with Gasteiger partial charge in [-0.25, -0.2) is 4.79 Å². The van der Waals surface area contributed by atoms with E-state index in [0.717, 1.165) is 24.6 Å². The predicted molar refractivity (Wildman–Crippen MR) is 89.7 cm³/mol. The van der Waals surface area contributed by atoms with Crippen molar-refractivity contribution in [3.8, 4) is 0 Å². The van der Waals surface area contributed by atoms with Gasteiger partial charge in [0.1, 0.15) is 11.1 Å². The molecule has 2 rings (SSSR count). The fourth-order valence-electron chi connectivity index (χ4n) is 2.70. The van der Waals surface area contributed by atoms with Crippen LogP contribution < -0.4 is 5.63 Å². The lowest BCUT2D eigenvalue weighted by Gasteiger charge is -2.22. The standard InChI is InChI=1S/C18H23NO4/c1-3-4-7-10-19(11-12-20)17(21)16-13(2)14-8-5-6-9-15(14)23-18(16)22/h5-6,8-9,20H,3-4,7,10-12H2,1-2H3. The number of hydrogen-bond donors (Lipinski definition) is 1. The van der Waals surface area contributed by atoms with Gasteiger partial charge in [-0.1, -0.05) is 38.0 Å². The summed E-state index contributed by atoms with van der Waals surface area (Å²) in [5, 5.41) is 9.96. The van der Waals surface area contributed by atoms with E-state index < -0.39 is 5.63 Å². The molecule has 0 aliphatic carbocycles. The summed E-state index contributed by atoms with van der Waals surface area (Å²) >= 11 is 0. The maximum Gasteiger partial charge on any atom is 0.349 e. The normalized spacial score (nSPS) is 10.9. The third-order valence-corrected chi connectivity index (χ3v) is 3.98. The van der Waals surface area contributed by atoms with Crippen LogP contribution in [0.4, 0.5) is 0 Å². The Morgan fingerprint density at radius 1 is 1.22 bits per heavy atom. The number of benzene rings is 1. The van der Waals surface area contributed by atoms with E-state index in [1.807, 2.05) is 12.1 Å².